The lowest BCUT2D eigenvalue weighted by Crippen LogP contribution is -2.47. The van der Waals surface area contributed by atoms with Gasteiger partial charge in [-0.05, 0) is 43.2 Å². The average molecular weight is 379 g/mol. The van der Waals surface area contributed by atoms with Crippen molar-refractivity contribution >= 4 is 28.5 Å². The number of H-pyrrole nitrogens is 1. The van der Waals surface area contributed by atoms with Crippen molar-refractivity contribution in [1.29, 1.82) is 0 Å². The summed E-state index contributed by atoms with van der Waals surface area (Å²) in [4.78, 5) is 13.9. The Labute approximate surface area is 158 Å². The van der Waals surface area contributed by atoms with E-state index in [1.54, 1.807) is 6.20 Å². The molecule has 1 aliphatic heterocycles. The maximum Gasteiger partial charge on any atom is 0.317 e. The lowest BCUT2D eigenvalue weighted by Gasteiger charge is -2.43. The molecule has 2 amide bonds. The highest BCUT2D eigenvalue weighted by Crippen LogP contribution is 2.46. The van der Waals surface area contributed by atoms with Gasteiger partial charge in [0.05, 0.1) is 17.8 Å². The van der Waals surface area contributed by atoms with Gasteiger partial charge in [-0.25, -0.2) is 4.79 Å². The van der Waals surface area contributed by atoms with Gasteiger partial charge in [-0.1, -0.05) is 25.4 Å². The summed E-state index contributed by atoms with van der Waals surface area (Å²) in [6.45, 7) is 8.16. The summed E-state index contributed by atoms with van der Waals surface area (Å²) >= 11 is 6.24. The van der Waals surface area contributed by atoms with Crippen molar-refractivity contribution in [2.75, 3.05) is 19.6 Å². The summed E-state index contributed by atoms with van der Waals surface area (Å²) < 4.78 is 0. The standard InChI is InChI=1S/C19H27ClN4O2/c1-4-21-18(26)24-7-5-13(6-8-24)19(2,3)17(25)15-10-14(20)9-12-11-22-23-16(12)15/h9-11,13,17,25H,4-8H2,1-3H3,(H,21,26)(H,22,23). The largest absolute Gasteiger partial charge is 0.388 e. The number of aromatic amines is 1. The number of carbonyl (C=O) groups is 1. The van der Waals surface area contributed by atoms with Crippen molar-refractivity contribution in [2.24, 2.45) is 11.3 Å². The molecule has 3 rings (SSSR count). The third-order valence-corrected chi connectivity index (χ3v) is 5.92. The summed E-state index contributed by atoms with van der Waals surface area (Å²) in [5.74, 6) is 0.306. The Morgan fingerprint density at radius 1 is 1.46 bits per heavy atom. The lowest BCUT2D eigenvalue weighted by atomic mass is 9.68. The monoisotopic (exact) mass is 378 g/mol. The fourth-order valence-electron chi connectivity index (χ4n) is 3.98. The lowest BCUT2D eigenvalue weighted by molar-refractivity contribution is -0.0143. The predicted octanol–water partition coefficient (Wildman–Crippen LogP) is 3.72. The quantitative estimate of drug-likeness (QED) is 0.758. The molecule has 3 N–H and O–H groups in total. The minimum absolute atomic E-state index is 0.00156. The Bertz CT molecular complexity index is 781. The summed E-state index contributed by atoms with van der Waals surface area (Å²) in [7, 11) is 0. The number of carbonyl (C=O) groups excluding carboxylic acids is 1. The van der Waals surface area contributed by atoms with Gasteiger partial charge in [-0.2, -0.15) is 5.10 Å². The first-order valence-corrected chi connectivity index (χ1v) is 9.55. The maximum absolute atomic E-state index is 12.0. The van der Waals surface area contributed by atoms with Crippen LogP contribution in [0, 0.1) is 11.3 Å². The molecule has 1 unspecified atom stereocenters. The van der Waals surface area contributed by atoms with Crippen molar-refractivity contribution in [3.05, 3.63) is 28.9 Å². The Balaban J connectivity index is 1.77. The topological polar surface area (TPSA) is 81.2 Å². The second-order valence-electron chi connectivity index (χ2n) is 7.65. The maximum atomic E-state index is 12.0. The molecule has 1 aliphatic rings. The number of hydrogen-bond acceptors (Lipinski definition) is 3. The van der Waals surface area contributed by atoms with Gasteiger partial charge in [-0.15, -0.1) is 0 Å². The predicted molar refractivity (Wildman–Crippen MR) is 103 cm³/mol. The molecule has 0 bridgehead atoms. The molecule has 26 heavy (non-hydrogen) atoms. The molecule has 1 saturated heterocycles. The summed E-state index contributed by atoms with van der Waals surface area (Å²) in [5, 5.41) is 22.6. The second-order valence-corrected chi connectivity index (χ2v) is 8.09. The van der Waals surface area contributed by atoms with E-state index in [0.717, 1.165) is 29.3 Å². The number of urea groups is 1. The molecule has 0 saturated carbocycles. The summed E-state index contributed by atoms with van der Waals surface area (Å²) in [5.41, 5.74) is 1.26. The number of fused-ring (bicyclic) bond motifs is 1. The minimum Gasteiger partial charge on any atom is -0.388 e. The number of piperidine rings is 1. The van der Waals surface area contributed by atoms with Crippen LogP contribution in [0.1, 0.15) is 45.3 Å². The zero-order chi connectivity index (χ0) is 18.9. The smallest absolute Gasteiger partial charge is 0.317 e. The van der Waals surface area contributed by atoms with E-state index in [0.29, 0.717) is 30.6 Å². The molecular formula is C19H27ClN4O2. The molecule has 1 aromatic carbocycles. The second kappa shape index (κ2) is 7.45. The normalized spacial score (nSPS) is 17.5. The van der Waals surface area contributed by atoms with Crippen LogP contribution in [0.5, 0.6) is 0 Å². The van der Waals surface area contributed by atoms with Gasteiger partial charge in [0.2, 0.25) is 0 Å². The molecule has 2 aromatic rings. The highest BCUT2D eigenvalue weighted by atomic mass is 35.5. The van der Waals surface area contributed by atoms with E-state index in [9.17, 15) is 9.90 Å². The fourth-order valence-corrected chi connectivity index (χ4v) is 4.21. The van der Waals surface area contributed by atoms with Crippen LogP contribution in [0.25, 0.3) is 10.9 Å². The molecule has 0 aliphatic carbocycles. The molecule has 2 heterocycles. The van der Waals surface area contributed by atoms with Crippen LogP contribution in [0.15, 0.2) is 18.3 Å². The van der Waals surface area contributed by atoms with Crippen LogP contribution in [0.4, 0.5) is 4.79 Å². The number of rotatable bonds is 4. The van der Waals surface area contributed by atoms with E-state index in [2.05, 4.69) is 29.4 Å². The van der Waals surface area contributed by atoms with Crippen LogP contribution >= 0.6 is 11.6 Å². The zero-order valence-electron chi connectivity index (χ0n) is 15.6. The first kappa shape index (κ1) is 19.0. The number of aromatic nitrogens is 2. The molecule has 1 atom stereocenters. The van der Waals surface area contributed by atoms with E-state index in [-0.39, 0.29) is 11.4 Å². The van der Waals surface area contributed by atoms with Crippen LogP contribution in [-0.2, 0) is 0 Å². The number of halogens is 1. The van der Waals surface area contributed by atoms with Gasteiger partial charge in [0, 0.05) is 35.6 Å². The Kier molecular flexibility index (Phi) is 5.44. The minimum atomic E-state index is -0.676. The van der Waals surface area contributed by atoms with Gasteiger partial charge in [0.25, 0.3) is 0 Å². The van der Waals surface area contributed by atoms with E-state index in [4.69, 9.17) is 11.6 Å². The van der Waals surface area contributed by atoms with Gasteiger partial charge >= 0.3 is 6.03 Å². The highest BCUT2D eigenvalue weighted by Gasteiger charge is 2.40. The van der Waals surface area contributed by atoms with Gasteiger partial charge < -0.3 is 15.3 Å². The van der Waals surface area contributed by atoms with Gasteiger partial charge in [0.15, 0.2) is 0 Å². The van der Waals surface area contributed by atoms with Crippen molar-refractivity contribution < 1.29 is 9.90 Å². The number of aliphatic hydroxyl groups excluding tert-OH is 1. The van der Waals surface area contributed by atoms with Crippen molar-refractivity contribution in [1.82, 2.24) is 20.4 Å². The molecule has 142 valence electrons. The first-order valence-electron chi connectivity index (χ1n) is 9.18. The fraction of sp³-hybridized carbons (Fsp3) is 0.579. The van der Waals surface area contributed by atoms with Crippen LogP contribution in [-0.4, -0.2) is 45.9 Å². The van der Waals surface area contributed by atoms with E-state index >= 15 is 0 Å². The van der Waals surface area contributed by atoms with Crippen molar-refractivity contribution in [3.8, 4) is 0 Å². The van der Waals surface area contributed by atoms with Gasteiger partial charge in [-0.3, -0.25) is 5.10 Å². The average Bonchev–Trinajstić information content (AvgIpc) is 3.09. The zero-order valence-corrected chi connectivity index (χ0v) is 16.3. The number of aliphatic hydroxyl groups is 1. The molecule has 0 radical (unpaired) electrons. The number of likely N-dealkylation sites (tertiary alicyclic amines) is 1. The van der Waals surface area contributed by atoms with Crippen LogP contribution < -0.4 is 5.32 Å². The molecular weight excluding hydrogens is 352 g/mol. The van der Waals surface area contributed by atoms with Crippen molar-refractivity contribution in [2.45, 2.75) is 39.7 Å². The first-order chi connectivity index (χ1) is 12.3. The Morgan fingerprint density at radius 2 is 2.15 bits per heavy atom. The summed E-state index contributed by atoms with van der Waals surface area (Å²) in [6, 6.07) is 3.66. The van der Waals surface area contributed by atoms with Crippen LogP contribution in [0.3, 0.4) is 0 Å². The van der Waals surface area contributed by atoms with Gasteiger partial charge in [0.1, 0.15) is 0 Å². The molecule has 1 fully saturated rings. The molecule has 1 aromatic heterocycles. The van der Waals surface area contributed by atoms with E-state index < -0.39 is 6.10 Å². The number of hydrogen-bond donors (Lipinski definition) is 3. The SMILES string of the molecule is CCNC(=O)N1CCC(C(C)(C)C(O)c2cc(Cl)cc3cn[nH]c23)CC1. The number of benzene rings is 1. The Hall–Kier alpha value is -1.79. The van der Waals surface area contributed by atoms with Crippen molar-refractivity contribution in [3.63, 3.8) is 0 Å². The summed E-state index contributed by atoms with van der Waals surface area (Å²) in [6.07, 6.45) is 2.78. The van der Waals surface area contributed by atoms with E-state index in [1.165, 1.54) is 0 Å². The molecule has 0 spiro atoms. The van der Waals surface area contributed by atoms with Crippen LogP contribution in [0.2, 0.25) is 5.02 Å². The molecule has 7 heteroatoms. The number of nitrogens with zero attached hydrogens (tertiary/aromatic N) is 2. The Morgan fingerprint density at radius 3 is 2.81 bits per heavy atom. The number of amides is 2. The third-order valence-electron chi connectivity index (χ3n) is 5.71. The third kappa shape index (κ3) is 3.53. The molecule has 6 nitrogen and oxygen atoms in total. The van der Waals surface area contributed by atoms with E-state index in [1.807, 2.05) is 24.0 Å². The highest BCUT2D eigenvalue weighted by molar-refractivity contribution is 6.31. The number of nitrogens with one attached hydrogen (secondary N) is 2.